The van der Waals surface area contributed by atoms with Gasteiger partial charge < -0.3 is 9.94 Å². The Morgan fingerprint density at radius 1 is 1.06 bits per heavy atom. The Morgan fingerprint density at radius 3 is 2.50 bits per heavy atom. The number of benzene rings is 2. The van der Waals surface area contributed by atoms with Crippen LogP contribution in [0, 0.1) is 0 Å². The number of nitrogens with zero attached hydrogens (tertiary/aromatic N) is 1. The molecule has 0 atom stereocenters. The summed E-state index contributed by atoms with van der Waals surface area (Å²) in [4.78, 5) is 0. The van der Waals surface area contributed by atoms with Gasteiger partial charge in [-0.15, -0.1) is 0 Å². The van der Waals surface area contributed by atoms with Crippen LogP contribution in [0.5, 0.6) is 11.5 Å². The van der Waals surface area contributed by atoms with Gasteiger partial charge in [0, 0.05) is 6.42 Å². The summed E-state index contributed by atoms with van der Waals surface area (Å²) >= 11 is 0. The summed E-state index contributed by atoms with van der Waals surface area (Å²) in [5, 5.41) is 11.8. The van der Waals surface area contributed by atoms with Gasteiger partial charge in [0.05, 0.1) is 5.71 Å². The van der Waals surface area contributed by atoms with Crippen molar-refractivity contribution in [3.05, 3.63) is 60.2 Å². The first-order valence-corrected chi connectivity index (χ1v) is 5.77. The zero-order valence-corrected chi connectivity index (χ0v) is 10.2. The highest BCUT2D eigenvalue weighted by Crippen LogP contribution is 2.22. The molecule has 2 rings (SSSR count). The van der Waals surface area contributed by atoms with Crippen LogP contribution in [-0.4, -0.2) is 10.9 Å². The maximum absolute atomic E-state index is 8.66. The first-order chi connectivity index (χ1) is 8.78. The van der Waals surface area contributed by atoms with Crippen molar-refractivity contribution in [1.29, 1.82) is 0 Å². The molecule has 0 aliphatic heterocycles. The van der Waals surface area contributed by atoms with E-state index in [0.717, 1.165) is 17.1 Å². The maximum atomic E-state index is 8.66. The summed E-state index contributed by atoms with van der Waals surface area (Å²) in [6, 6.07) is 17.4. The van der Waals surface area contributed by atoms with Crippen molar-refractivity contribution in [2.24, 2.45) is 5.16 Å². The summed E-state index contributed by atoms with van der Waals surface area (Å²) < 4.78 is 5.73. The number of ether oxygens (including phenoxy) is 1. The highest BCUT2D eigenvalue weighted by Gasteiger charge is 2.00. The second-order valence-corrected chi connectivity index (χ2v) is 4.07. The zero-order valence-electron chi connectivity index (χ0n) is 10.2. The van der Waals surface area contributed by atoms with E-state index in [9.17, 15) is 0 Å². The molecule has 0 saturated heterocycles. The number of rotatable bonds is 4. The Morgan fingerprint density at radius 2 is 1.78 bits per heavy atom. The van der Waals surface area contributed by atoms with Crippen LogP contribution in [0.3, 0.4) is 0 Å². The molecule has 0 aliphatic carbocycles. The van der Waals surface area contributed by atoms with E-state index in [0.29, 0.717) is 12.1 Å². The minimum absolute atomic E-state index is 0.614. The third-order valence-electron chi connectivity index (χ3n) is 2.51. The van der Waals surface area contributed by atoms with Crippen molar-refractivity contribution in [3.8, 4) is 11.5 Å². The van der Waals surface area contributed by atoms with Gasteiger partial charge in [-0.25, -0.2) is 0 Å². The Hall–Kier alpha value is -2.29. The van der Waals surface area contributed by atoms with Gasteiger partial charge in [-0.1, -0.05) is 35.5 Å². The van der Waals surface area contributed by atoms with E-state index in [1.54, 1.807) is 6.92 Å². The molecule has 0 heterocycles. The molecule has 3 heteroatoms. The Kier molecular flexibility index (Phi) is 3.97. The van der Waals surface area contributed by atoms with Gasteiger partial charge in [-0.3, -0.25) is 0 Å². The molecule has 0 spiro atoms. The van der Waals surface area contributed by atoms with Crippen molar-refractivity contribution in [1.82, 2.24) is 0 Å². The molecule has 2 aromatic rings. The van der Waals surface area contributed by atoms with E-state index in [1.165, 1.54) is 0 Å². The van der Waals surface area contributed by atoms with Crippen molar-refractivity contribution in [2.75, 3.05) is 0 Å². The van der Waals surface area contributed by atoms with Gasteiger partial charge in [-0.2, -0.15) is 0 Å². The second-order valence-electron chi connectivity index (χ2n) is 4.07. The summed E-state index contributed by atoms with van der Waals surface area (Å²) in [5.74, 6) is 1.59. The Labute approximate surface area is 106 Å². The van der Waals surface area contributed by atoms with Crippen molar-refractivity contribution in [3.63, 3.8) is 0 Å². The van der Waals surface area contributed by atoms with Gasteiger partial charge in [0.25, 0.3) is 0 Å². The predicted octanol–water partition coefficient (Wildman–Crippen LogP) is 3.87. The van der Waals surface area contributed by atoms with Gasteiger partial charge in [0.1, 0.15) is 11.5 Å². The largest absolute Gasteiger partial charge is 0.457 e. The molecular weight excluding hydrogens is 226 g/mol. The molecule has 18 heavy (non-hydrogen) atoms. The molecule has 0 aromatic heterocycles. The van der Waals surface area contributed by atoms with Crippen molar-refractivity contribution < 1.29 is 9.94 Å². The number of hydrogen-bond acceptors (Lipinski definition) is 3. The molecule has 0 radical (unpaired) electrons. The maximum Gasteiger partial charge on any atom is 0.127 e. The molecule has 0 bridgehead atoms. The van der Waals surface area contributed by atoms with Crippen LogP contribution < -0.4 is 4.74 Å². The molecule has 1 N–H and O–H groups in total. The molecule has 0 aliphatic rings. The van der Waals surface area contributed by atoms with Gasteiger partial charge >= 0.3 is 0 Å². The van der Waals surface area contributed by atoms with Gasteiger partial charge in [0.2, 0.25) is 0 Å². The predicted molar refractivity (Wildman–Crippen MR) is 71.6 cm³/mol. The third-order valence-corrected chi connectivity index (χ3v) is 2.51. The fourth-order valence-corrected chi connectivity index (χ4v) is 1.67. The van der Waals surface area contributed by atoms with Crippen LogP contribution >= 0.6 is 0 Å². The quantitative estimate of drug-likeness (QED) is 0.501. The molecular formula is C15H15NO2. The summed E-state index contributed by atoms with van der Waals surface area (Å²) in [7, 11) is 0. The molecule has 92 valence electrons. The fraction of sp³-hybridized carbons (Fsp3) is 0.133. The first-order valence-electron chi connectivity index (χ1n) is 5.77. The van der Waals surface area contributed by atoms with Gasteiger partial charge in [-0.05, 0) is 36.8 Å². The minimum Gasteiger partial charge on any atom is -0.457 e. The standard InChI is InChI=1S/C15H15NO2/c1-12(16-17)10-13-6-5-9-15(11-13)18-14-7-3-2-4-8-14/h2-9,11,17H,10H2,1H3. The third kappa shape index (κ3) is 3.35. The molecule has 0 amide bonds. The SMILES string of the molecule is CC(Cc1cccc(Oc2ccccc2)c1)=NO. The van der Waals surface area contributed by atoms with E-state index < -0.39 is 0 Å². The topological polar surface area (TPSA) is 41.8 Å². The summed E-state index contributed by atoms with van der Waals surface area (Å²) in [6.07, 6.45) is 0.614. The van der Waals surface area contributed by atoms with Crippen LogP contribution in [0.4, 0.5) is 0 Å². The molecule has 0 unspecified atom stereocenters. The second kappa shape index (κ2) is 5.87. The lowest BCUT2D eigenvalue weighted by Gasteiger charge is -2.07. The van der Waals surface area contributed by atoms with Crippen molar-refractivity contribution in [2.45, 2.75) is 13.3 Å². The lowest BCUT2D eigenvalue weighted by Crippen LogP contribution is -1.97. The summed E-state index contributed by atoms with van der Waals surface area (Å²) in [5.41, 5.74) is 1.73. The molecule has 2 aromatic carbocycles. The molecule has 3 nitrogen and oxygen atoms in total. The van der Waals surface area contributed by atoms with E-state index in [1.807, 2.05) is 54.6 Å². The average molecular weight is 241 g/mol. The highest BCUT2D eigenvalue weighted by atomic mass is 16.5. The lowest BCUT2D eigenvalue weighted by atomic mass is 10.1. The molecule has 0 fully saturated rings. The van der Waals surface area contributed by atoms with Crippen LogP contribution in [0.25, 0.3) is 0 Å². The number of hydrogen-bond donors (Lipinski definition) is 1. The van der Waals surface area contributed by atoms with E-state index in [-0.39, 0.29) is 0 Å². The average Bonchev–Trinajstić information content (AvgIpc) is 2.40. The highest BCUT2D eigenvalue weighted by molar-refractivity contribution is 5.83. The fourth-order valence-electron chi connectivity index (χ4n) is 1.67. The smallest absolute Gasteiger partial charge is 0.127 e. The van der Waals surface area contributed by atoms with Crippen LogP contribution in [-0.2, 0) is 6.42 Å². The Bertz CT molecular complexity index is 535. The normalized spacial score (nSPS) is 11.3. The number of oxime groups is 1. The Balaban J connectivity index is 2.13. The van der Waals surface area contributed by atoms with Crippen LogP contribution in [0.1, 0.15) is 12.5 Å². The van der Waals surface area contributed by atoms with E-state index >= 15 is 0 Å². The van der Waals surface area contributed by atoms with E-state index in [4.69, 9.17) is 9.94 Å². The number of para-hydroxylation sites is 1. The summed E-state index contributed by atoms with van der Waals surface area (Å²) in [6.45, 7) is 1.78. The van der Waals surface area contributed by atoms with Gasteiger partial charge in [0.15, 0.2) is 0 Å². The van der Waals surface area contributed by atoms with Crippen LogP contribution in [0.15, 0.2) is 59.8 Å². The van der Waals surface area contributed by atoms with E-state index in [2.05, 4.69) is 5.16 Å². The van der Waals surface area contributed by atoms with Crippen LogP contribution in [0.2, 0.25) is 0 Å². The monoisotopic (exact) mass is 241 g/mol. The van der Waals surface area contributed by atoms with Crippen molar-refractivity contribution >= 4 is 5.71 Å². The lowest BCUT2D eigenvalue weighted by molar-refractivity contribution is 0.317. The molecule has 0 saturated carbocycles. The first kappa shape index (κ1) is 12.2. The minimum atomic E-state index is 0.614. The zero-order chi connectivity index (χ0) is 12.8.